The fourth-order valence-corrected chi connectivity index (χ4v) is 1.90. The molecule has 94 valence electrons. The van der Waals surface area contributed by atoms with E-state index in [9.17, 15) is 4.79 Å². The summed E-state index contributed by atoms with van der Waals surface area (Å²) in [6.45, 7) is 7.62. The average molecular weight is 346 g/mol. The Kier molecular flexibility index (Phi) is 5.91. The lowest BCUT2D eigenvalue weighted by Crippen LogP contribution is -2.30. The highest BCUT2D eigenvalue weighted by atomic mass is 127. The normalized spacial score (nSPS) is 12.2. The van der Waals surface area contributed by atoms with Gasteiger partial charge in [0.25, 0.3) is 0 Å². The molecule has 0 radical (unpaired) electrons. The Bertz CT molecular complexity index is 393. The van der Waals surface area contributed by atoms with Crippen LogP contribution in [-0.4, -0.2) is 19.0 Å². The maximum absolute atomic E-state index is 11.9. The number of rotatable bonds is 5. The molecule has 1 aromatic carbocycles. The van der Waals surface area contributed by atoms with Crippen LogP contribution in [0.25, 0.3) is 0 Å². The van der Waals surface area contributed by atoms with Gasteiger partial charge in [0.2, 0.25) is 5.91 Å². The van der Waals surface area contributed by atoms with Gasteiger partial charge in [-0.1, -0.05) is 19.9 Å². The molecule has 1 rings (SSSR count). The Morgan fingerprint density at radius 3 is 2.76 bits per heavy atom. The number of hydrogen-bond donors (Lipinski definition) is 2. The summed E-state index contributed by atoms with van der Waals surface area (Å²) in [5.74, 6) is 0.0412. The number of hydrogen-bond acceptors (Lipinski definition) is 2. The summed E-state index contributed by atoms with van der Waals surface area (Å²) >= 11 is 2.27. The standard InChI is InChI=1S/C13H19IN2O/c1-4-15-8-10(3)13(17)16-11-6-5-9(2)12(14)7-11/h5-7,10,15H,4,8H2,1-3H3,(H,16,17). The average Bonchev–Trinajstić information content (AvgIpc) is 2.30. The molecule has 0 saturated heterocycles. The zero-order chi connectivity index (χ0) is 12.8. The second-order valence-electron chi connectivity index (χ2n) is 4.16. The lowest BCUT2D eigenvalue weighted by atomic mass is 10.1. The van der Waals surface area contributed by atoms with Crippen LogP contribution in [0.15, 0.2) is 18.2 Å². The van der Waals surface area contributed by atoms with Crippen molar-refractivity contribution >= 4 is 34.2 Å². The summed E-state index contributed by atoms with van der Waals surface area (Å²) in [7, 11) is 0. The van der Waals surface area contributed by atoms with E-state index < -0.39 is 0 Å². The zero-order valence-corrected chi connectivity index (χ0v) is 12.7. The van der Waals surface area contributed by atoms with E-state index >= 15 is 0 Å². The highest BCUT2D eigenvalue weighted by Crippen LogP contribution is 2.17. The van der Waals surface area contributed by atoms with Crippen LogP contribution in [0.1, 0.15) is 19.4 Å². The zero-order valence-electron chi connectivity index (χ0n) is 10.5. The SMILES string of the molecule is CCNCC(C)C(=O)Nc1ccc(C)c(I)c1. The van der Waals surface area contributed by atoms with Crippen LogP contribution in [-0.2, 0) is 4.79 Å². The van der Waals surface area contributed by atoms with E-state index in [1.54, 1.807) is 0 Å². The quantitative estimate of drug-likeness (QED) is 0.805. The number of anilines is 1. The monoisotopic (exact) mass is 346 g/mol. The number of carbonyl (C=O) groups excluding carboxylic acids is 1. The Balaban J connectivity index is 2.58. The first kappa shape index (κ1) is 14.4. The van der Waals surface area contributed by atoms with E-state index in [1.807, 2.05) is 32.0 Å². The van der Waals surface area contributed by atoms with Crippen molar-refractivity contribution in [1.29, 1.82) is 0 Å². The Morgan fingerprint density at radius 2 is 2.18 bits per heavy atom. The predicted molar refractivity (Wildman–Crippen MR) is 80.2 cm³/mol. The Morgan fingerprint density at radius 1 is 1.47 bits per heavy atom. The van der Waals surface area contributed by atoms with Crippen molar-refractivity contribution < 1.29 is 4.79 Å². The molecule has 1 aromatic rings. The fourth-order valence-electron chi connectivity index (χ4n) is 1.39. The van der Waals surface area contributed by atoms with Crippen molar-refractivity contribution in [2.24, 2.45) is 5.92 Å². The number of amides is 1. The highest BCUT2D eigenvalue weighted by Gasteiger charge is 2.12. The van der Waals surface area contributed by atoms with Crippen LogP contribution in [0.4, 0.5) is 5.69 Å². The molecule has 0 aliphatic heterocycles. The van der Waals surface area contributed by atoms with Crippen molar-refractivity contribution in [3.8, 4) is 0 Å². The van der Waals surface area contributed by atoms with E-state index in [0.717, 1.165) is 12.2 Å². The van der Waals surface area contributed by atoms with Gasteiger partial charge in [-0.3, -0.25) is 4.79 Å². The van der Waals surface area contributed by atoms with Gasteiger partial charge in [-0.05, 0) is 53.8 Å². The third kappa shape index (κ3) is 4.63. The molecule has 0 aliphatic rings. The molecule has 0 saturated carbocycles. The van der Waals surface area contributed by atoms with E-state index in [1.165, 1.54) is 9.13 Å². The first-order chi connectivity index (χ1) is 8.04. The summed E-state index contributed by atoms with van der Waals surface area (Å²) < 4.78 is 1.17. The summed E-state index contributed by atoms with van der Waals surface area (Å²) in [6, 6.07) is 5.95. The minimum atomic E-state index is -0.0195. The van der Waals surface area contributed by atoms with Gasteiger partial charge in [0.15, 0.2) is 0 Å². The number of aryl methyl sites for hydroxylation is 1. The Labute approximate surface area is 117 Å². The van der Waals surface area contributed by atoms with Crippen LogP contribution in [0.3, 0.4) is 0 Å². The summed E-state index contributed by atoms with van der Waals surface area (Å²) in [5.41, 5.74) is 2.10. The molecule has 1 unspecified atom stereocenters. The highest BCUT2D eigenvalue weighted by molar-refractivity contribution is 14.1. The number of nitrogens with one attached hydrogen (secondary N) is 2. The molecule has 0 spiro atoms. The van der Waals surface area contributed by atoms with Crippen LogP contribution >= 0.6 is 22.6 Å². The summed E-state index contributed by atoms with van der Waals surface area (Å²) in [6.07, 6.45) is 0. The van der Waals surface area contributed by atoms with Crippen molar-refractivity contribution in [3.05, 3.63) is 27.3 Å². The van der Waals surface area contributed by atoms with Crippen molar-refractivity contribution in [2.45, 2.75) is 20.8 Å². The molecule has 0 aromatic heterocycles. The smallest absolute Gasteiger partial charge is 0.228 e. The number of halogens is 1. The second-order valence-corrected chi connectivity index (χ2v) is 5.32. The van der Waals surface area contributed by atoms with Gasteiger partial charge >= 0.3 is 0 Å². The van der Waals surface area contributed by atoms with Gasteiger partial charge in [0.05, 0.1) is 0 Å². The van der Waals surface area contributed by atoms with Gasteiger partial charge < -0.3 is 10.6 Å². The third-order valence-electron chi connectivity index (χ3n) is 2.59. The molecule has 0 heterocycles. The third-order valence-corrected chi connectivity index (χ3v) is 3.75. The van der Waals surface area contributed by atoms with Crippen molar-refractivity contribution in [3.63, 3.8) is 0 Å². The Hall–Kier alpha value is -0.620. The maximum atomic E-state index is 11.9. The fraction of sp³-hybridized carbons (Fsp3) is 0.462. The van der Waals surface area contributed by atoms with E-state index in [0.29, 0.717) is 6.54 Å². The molecule has 0 fully saturated rings. The van der Waals surface area contributed by atoms with Crippen LogP contribution in [0, 0.1) is 16.4 Å². The number of benzene rings is 1. The largest absolute Gasteiger partial charge is 0.326 e. The molecule has 1 atom stereocenters. The number of carbonyl (C=O) groups is 1. The molecule has 2 N–H and O–H groups in total. The summed E-state index contributed by atoms with van der Waals surface area (Å²) in [5, 5.41) is 6.11. The predicted octanol–water partition coefficient (Wildman–Crippen LogP) is 2.78. The van der Waals surface area contributed by atoms with E-state index in [-0.39, 0.29) is 11.8 Å². The lowest BCUT2D eigenvalue weighted by Gasteiger charge is -2.13. The van der Waals surface area contributed by atoms with Crippen LogP contribution in [0.2, 0.25) is 0 Å². The molecule has 3 nitrogen and oxygen atoms in total. The molecule has 0 aliphatic carbocycles. The van der Waals surface area contributed by atoms with E-state index in [2.05, 4.69) is 40.1 Å². The van der Waals surface area contributed by atoms with Gasteiger partial charge in [-0.2, -0.15) is 0 Å². The van der Waals surface area contributed by atoms with Crippen molar-refractivity contribution in [2.75, 3.05) is 18.4 Å². The van der Waals surface area contributed by atoms with E-state index in [4.69, 9.17) is 0 Å². The second kappa shape index (κ2) is 6.96. The van der Waals surface area contributed by atoms with Crippen LogP contribution in [0.5, 0.6) is 0 Å². The van der Waals surface area contributed by atoms with Gasteiger partial charge in [0, 0.05) is 21.7 Å². The summed E-state index contributed by atoms with van der Waals surface area (Å²) in [4.78, 5) is 11.9. The molecule has 1 amide bonds. The molecule has 17 heavy (non-hydrogen) atoms. The molecular weight excluding hydrogens is 327 g/mol. The molecule has 4 heteroatoms. The first-order valence-electron chi connectivity index (χ1n) is 5.82. The minimum absolute atomic E-state index is 0.0195. The topological polar surface area (TPSA) is 41.1 Å². The molecule has 0 bridgehead atoms. The lowest BCUT2D eigenvalue weighted by molar-refractivity contribution is -0.119. The molecular formula is C13H19IN2O. The van der Waals surface area contributed by atoms with Gasteiger partial charge in [-0.15, -0.1) is 0 Å². The maximum Gasteiger partial charge on any atom is 0.228 e. The minimum Gasteiger partial charge on any atom is -0.326 e. The van der Waals surface area contributed by atoms with Crippen LogP contribution < -0.4 is 10.6 Å². The van der Waals surface area contributed by atoms with Crippen molar-refractivity contribution in [1.82, 2.24) is 5.32 Å². The first-order valence-corrected chi connectivity index (χ1v) is 6.90. The van der Waals surface area contributed by atoms with Gasteiger partial charge in [0.1, 0.15) is 0 Å². The van der Waals surface area contributed by atoms with Gasteiger partial charge in [-0.25, -0.2) is 0 Å².